The topological polar surface area (TPSA) is 50.4 Å². The molecule has 4 fully saturated rings. The Kier molecular flexibility index (Phi) is 9.47. The largest absolute Gasteiger partial charge is 0.469 e. The van der Waals surface area contributed by atoms with E-state index in [0.29, 0.717) is 35.3 Å². The second-order valence-electron chi connectivity index (χ2n) is 13.9. The van der Waals surface area contributed by atoms with Crippen molar-refractivity contribution in [3.8, 4) is 0 Å². The third-order valence-electron chi connectivity index (χ3n) is 11.9. The van der Waals surface area contributed by atoms with Crippen LogP contribution in [0, 0.1) is 46.3 Å². The Labute approximate surface area is 226 Å². The van der Waals surface area contributed by atoms with Gasteiger partial charge in [0.15, 0.2) is 0 Å². The molecule has 4 saturated carbocycles. The number of carbonyl (C=O) groups is 1. The van der Waals surface area contributed by atoms with Gasteiger partial charge in [-0.2, -0.15) is 11.8 Å². The first-order valence-corrected chi connectivity index (χ1v) is 16.5. The molecule has 0 amide bonds. The molecule has 36 heavy (non-hydrogen) atoms. The van der Waals surface area contributed by atoms with Crippen LogP contribution in [0.3, 0.4) is 0 Å². The van der Waals surface area contributed by atoms with Crippen LogP contribution in [-0.2, 0) is 9.53 Å². The summed E-state index contributed by atoms with van der Waals surface area (Å²) in [6.07, 6.45) is 15.2. The van der Waals surface area contributed by atoms with Gasteiger partial charge in [0.05, 0.1) is 7.11 Å². The van der Waals surface area contributed by atoms with Gasteiger partial charge in [0.1, 0.15) is 0 Å². The second kappa shape index (κ2) is 11.9. The number of esters is 1. The number of rotatable bonds is 10. The van der Waals surface area contributed by atoms with Gasteiger partial charge in [-0.05, 0) is 110 Å². The van der Waals surface area contributed by atoms with Gasteiger partial charge in [0.2, 0.25) is 0 Å². The van der Waals surface area contributed by atoms with Gasteiger partial charge >= 0.3 is 5.97 Å². The molecule has 0 aromatic rings. The molecular weight excluding hydrogens is 464 g/mol. The average molecular weight is 521 g/mol. The molecule has 4 rings (SSSR count). The van der Waals surface area contributed by atoms with Crippen LogP contribution in [-0.4, -0.2) is 49.8 Å². The molecule has 4 aliphatic rings. The molecule has 4 nitrogen and oxygen atoms in total. The summed E-state index contributed by atoms with van der Waals surface area (Å²) >= 11 is 2.19. The van der Waals surface area contributed by atoms with Crippen molar-refractivity contribution in [3.63, 3.8) is 0 Å². The quantitative estimate of drug-likeness (QED) is 0.253. The van der Waals surface area contributed by atoms with Crippen molar-refractivity contribution in [1.29, 1.82) is 0 Å². The molecule has 0 bridgehead atoms. The number of nitrogens with one attached hydrogen (secondary N) is 2. The fraction of sp³-hybridized carbons (Fsp3) is 0.968. The number of ether oxygens (including phenoxy) is 1. The molecule has 0 aromatic carbocycles. The zero-order chi connectivity index (χ0) is 26.1. The van der Waals surface area contributed by atoms with Crippen molar-refractivity contribution in [2.24, 2.45) is 46.3 Å². The Morgan fingerprint density at radius 2 is 1.72 bits per heavy atom. The predicted octanol–water partition coefficient (Wildman–Crippen LogP) is 6.53. The van der Waals surface area contributed by atoms with Crippen molar-refractivity contribution in [3.05, 3.63) is 0 Å². The van der Waals surface area contributed by atoms with Crippen molar-refractivity contribution >= 4 is 17.7 Å². The Morgan fingerprint density at radius 1 is 1.00 bits per heavy atom. The number of methoxy groups -OCH3 is 1. The molecular formula is C31H56N2O2S. The molecule has 208 valence electrons. The van der Waals surface area contributed by atoms with E-state index in [1.807, 2.05) is 0 Å². The maximum atomic E-state index is 11.8. The van der Waals surface area contributed by atoms with Crippen molar-refractivity contribution < 1.29 is 9.53 Å². The number of carbonyl (C=O) groups excluding carboxylic acids is 1. The van der Waals surface area contributed by atoms with Gasteiger partial charge in [-0.15, -0.1) is 0 Å². The predicted molar refractivity (Wildman–Crippen MR) is 153 cm³/mol. The van der Waals surface area contributed by atoms with E-state index in [1.165, 1.54) is 58.5 Å². The standard InChI is InChI=1S/C31H56N2O2S/c1-20(2)32-16-17-33-23-12-14-30(4)22(18-23)19-27(36-7)29-25-10-9-24(21(3)8-11-28(34)35-6)31(25,5)15-13-26(29)30/h20-27,29,32-33H,8-19H2,1-7H3/t21-,22-,23-,24-,25?,26?,27?,29?,30+,31-/m1/s1. The van der Waals surface area contributed by atoms with Crippen molar-refractivity contribution in [2.75, 3.05) is 26.5 Å². The SMILES string of the molecule is COC(=O)CC[C@@H](C)[C@H]1CCC2C3C(SC)C[C@H]4C[C@H](NCCNC(C)C)CC[C@]4(C)C3CC[C@@]21C. The minimum atomic E-state index is -0.0415. The smallest absolute Gasteiger partial charge is 0.305 e. The van der Waals surface area contributed by atoms with Crippen LogP contribution < -0.4 is 10.6 Å². The molecule has 4 aliphatic carbocycles. The highest BCUT2D eigenvalue weighted by atomic mass is 32.2. The summed E-state index contributed by atoms with van der Waals surface area (Å²) in [6, 6.07) is 1.28. The average Bonchev–Trinajstić information content (AvgIpc) is 3.21. The second-order valence-corrected chi connectivity index (χ2v) is 14.9. The van der Waals surface area contributed by atoms with Crippen molar-refractivity contribution in [1.82, 2.24) is 10.6 Å². The lowest BCUT2D eigenvalue weighted by molar-refractivity contribution is -0.141. The highest BCUT2D eigenvalue weighted by molar-refractivity contribution is 7.99. The summed E-state index contributed by atoms with van der Waals surface area (Å²) < 4.78 is 4.95. The lowest BCUT2D eigenvalue weighted by Gasteiger charge is -2.63. The van der Waals surface area contributed by atoms with Crippen molar-refractivity contribution in [2.45, 2.75) is 116 Å². The highest BCUT2D eigenvalue weighted by Crippen LogP contribution is 2.69. The number of thioether (sulfide) groups is 1. The van der Waals surface area contributed by atoms with Crippen LogP contribution in [0.5, 0.6) is 0 Å². The van der Waals surface area contributed by atoms with E-state index < -0.39 is 0 Å². The van der Waals surface area contributed by atoms with Crippen LogP contribution in [0.25, 0.3) is 0 Å². The van der Waals surface area contributed by atoms with Crippen LogP contribution in [0.4, 0.5) is 0 Å². The van der Waals surface area contributed by atoms with Gasteiger partial charge in [0.25, 0.3) is 0 Å². The summed E-state index contributed by atoms with van der Waals surface area (Å²) in [7, 11) is 1.52. The van der Waals surface area contributed by atoms with Gasteiger partial charge in [0, 0.05) is 36.8 Å². The summed E-state index contributed by atoms with van der Waals surface area (Å²) in [5, 5.41) is 8.30. The summed E-state index contributed by atoms with van der Waals surface area (Å²) in [5.74, 6) is 4.87. The lowest BCUT2D eigenvalue weighted by Crippen LogP contribution is -2.59. The monoisotopic (exact) mass is 520 g/mol. The van der Waals surface area contributed by atoms with Gasteiger partial charge in [-0.1, -0.05) is 34.6 Å². The first kappa shape index (κ1) is 28.7. The van der Waals surface area contributed by atoms with Crippen LogP contribution in [0.2, 0.25) is 0 Å². The lowest BCUT2D eigenvalue weighted by atomic mass is 9.44. The molecule has 10 atom stereocenters. The van der Waals surface area contributed by atoms with Gasteiger partial charge in [-0.3, -0.25) is 4.79 Å². The molecule has 0 radical (unpaired) electrons. The van der Waals surface area contributed by atoms with E-state index in [1.54, 1.807) is 0 Å². The minimum absolute atomic E-state index is 0.0415. The third-order valence-corrected chi connectivity index (χ3v) is 13.0. The zero-order valence-corrected chi connectivity index (χ0v) is 25.2. The van der Waals surface area contributed by atoms with E-state index in [4.69, 9.17) is 4.74 Å². The first-order chi connectivity index (χ1) is 17.1. The normalized spacial score (nSPS) is 42.9. The molecule has 0 heterocycles. The molecule has 4 unspecified atom stereocenters. The summed E-state index contributed by atoms with van der Waals surface area (Å²) in [4.78, 5) is 11.8. The Morgan fingerprint density at radius 3 is 2.42 bits per heavy atom. The number of hydrogen-bond acceptors (Lipinski definition) is 5. The van der Waals surface area contributed by atoms with E-state index in [9.17, 15) is 4.79 Å². The first-order valence-electron chi connectivity index (χ1n) is 15.2. The van der Waals surface area contributed by atoms with Gasteiger partial charge < -0.3 is 15.4 Å². The number of fused-ring (bicyclic) bond motifs is 5. The van der Waals surface area contributed by atoms with E-state index in [-0.39, 0.29) is 5.97 Å². The van der Waals surface area contributed by atoms with E-state index in [2.05, 4.69) is 63.3 Å². The molecule has 2 N–H and O–H groups in total. The van der Waals surface area contributed by atoms with E-state index in [0.717, 1.165) is 54.3 Å². The Bertz CT molecular complexity index is 746. The minimum Gasteiger partial charge on any atom is -0.469 e. The molecule has 0 aliphatic heterocycles. The van der Waals surface area contributed by atoms with Crippen LogP contribution in [0.15, 0.2) is 0 Å². The third kappa shape index (κ3) is 5.55. The maximum absolute atomic E-state index is 11.8. The Balaban J connectivity index is 1.44. The van der Waals surface area contributed by atoms with Gasteiger partial charge in [-0.25, -0.2) is 0 Å². The molecule has 0 saturated heterocycles. The maximum Gasteiger partial charge on any atom is 0.305 e. The van der Waals surface area contributed by atoms with E-state index >= 15 is 0 Å². The summed E-state index contributed by atoms with van der Waals surface area (Å²) in [6.45, 7) is 14.4. The molecule has 0 aromatic heterocycles. The fourth-order valence-electron chi connectivity index (χ4n) is 9.89. The van der Waals surface area contributed by atoms with Crippen LogP contribution in [0.1, 0.15) is 98.8 Å². The van der Waals surface area contributed by atoms with Crippen LogP contribution >= 0.6 is 11.8 Å². The highest BCUT2D eigenvalue weighted by Gasteiger charge is 2.62. The Hall–Kier alpha value is -0.260. The zero-order valence-electron chi connectivity index (χ0n) is 24.4. The number of hydrogen-bond donors (Lipinski definition) is 2. The summed E-state index contributed by atoms with van der Waals surface area (Å²) in [5.41, 5.74) is 0.983. The molecule has 5 heteroatoms. The fourth-order valence-corrected chi connectivity index (χ4v) is 11.0. The molecule has 0 spiro atoms.